The smallest absolute Gasteiger partial charge is 0.409 e. The summed E-state index contributed by atoms with van der Waals surface area (Å²) in [7, 11) is 0. The Kier molecular flexibility index (Phi) is 6.60. The molecule has 24 heavy (non-hydrogen) atoms. The third-order valence-electron chi connectivity index (χ3n) is 3.95. The number of carbonyl (C=O) groups excluding carboxylic acids is 2. The van der Waals surface area contributed by atoms with Crippen LogP contribution in [0.25, 0.3) is 0 Å². The van der Waals surface area contributed by atoms with E-state index in [4.69, 9.17) is 9.84 Å². The lowest BCUT2D eigenvalue weighted by Gasteiger charge is -2.34. The second-order valence-electron chi connectivity index (χ2n) is 5.58. The van der Waals surface area contributed by atoms with Crippen molar-refractivity contribution in [1.29, 1.82) is 0 Å². The van der Waals surface area contributed by atoms with E-state index in [-0.39, 0.29) is 30.8 Å². The zero-order valence-corrected chi connectivity index (χ0v) is 14.5. The quantitative estimate of drug-likeness (QED) is 0.844. The van der Waals surface area contributed by atoms with Crippen molar-refractivity contribution in [3.63, 3.8) is 0 Å². The molecule has 1 fully saturated rings. The van der Waals surface area contributed by atoms with Gasteiger partial charge in [-0.05, 0) is 18.4 Å². The third kappa shape index (κ3) is 4.95. The average molecular weight is 354 g/mol. The molecule has 0 spiro atoms. The van der Waals surface area contributed by atoms with Crippen LogP contribution in [0.3, 0.4) is 0 Å². The number of rotatable bonds is 6. The molecule has 0 aromatic carbocycles. The van der Waals surface area contributed by atoms with E-state index in [1.165, 1.54) is 11.3 Å². The number of amides is 2. The van der Waals surface area contributed by atoms with Crippen LogP contribution in [0.1, 0.15) is 30.6 Å². The molecule has 1 aromatic rings. The summed E-state index contributed by atoms with van der Waals surface area (Å²) in [4.78, 5) is 39.4. The Morgan fingerprint density at radius 3 is 2.42 bits per heavy atom. The van der Waals surface area contributed by atoms with Crippen LogP contribution >= 0.6 is 11.3 Å². The molecule has 132 valence electrons. The van der Waals surface area contributed by atoms with Crippen molar-refractivity contribution >= 4 is 29.3 Å². The summed E-state index contributed by atoms with van der Waals surface area (Å²) in [5.41, 5.74) is 0. The molecule has 1 aliphatic rings. The molecule has 0 saturated carbocycles. The van der Waals surface area contributed by atoms with E-state index in [0.29, 0.717) is 32.8 Å². The molecule has 1 aliphatic heterocycles. The van der Waals surface area contributed by atoms with Gasteiger partial charge >= 0.3 is 12.1 Å². The number of ether oxygens (including phenoxy) is 1. The van der Waals surface area contributed by atoms with Crippen LogP contribution in [0.4, 0.5) is 4.79 Å². The average Bonchev–Trinajstić information content (AvgIpc) is 3.08. The first-order chi connectivity index (χ1) is 11.5. The Hall–Kier alpha value is -2.09. The molecule has 2 amide bonds. The topological polar surface area (TPSA) is 87.2 Å². The fourth-order valence-electron chi connectivity index (χ4n) is 2.70. The molecule has 0 radical (unpaired) electrons. The zero-order valence-electron chi connectivity index (χ0n) is 13.6. The maximum absolute atomic E-state index is 12.5. The van der Waals surface area contributed by atoms with Crippen LogP contribution in [0.5, 0.6) is 0 Å². The molecule has 1 atom stereocenters. The monoisotopic (exact) mass is 354 g/mol. The summed E-state index contributed by atoms with van der Waals surface area (Å²) in [6, 6.07) is 3.72. The Morgan fingerprint density at radius 1 is 1.21 bits per heavy atom. The molecule has 7 nitrogen and oxygen atoms in total. The van der Waals surface area contributed by atoms with Crippen LogP contribution in [-0.4, -0.2) is 65.7 Å². The van der Waals surface area contributed by atoms with Crippen LogP contribution in [0.15, 0.2) is 17.5 Å². The van der Waals surface area contributed by atoms with E-state index in [9.17, 15) is 14.4 Å². The number of aliphatic carboxylic acids is 1. The molecule has 2 rings (SSSR count). The molecule has 8 heteroatoms. The van der Waals surface area contributed by atoms with Crippen molar-refractivity contribution in [3.05, 3.63) is 22.4 Å². The van der Waals surface area contributed by atoms with Crippen LogP contribution in [-0.2, 0) is 14.3 Å². The summed E-state index contributed by atoms with van der Waals surface area (Å²) < 4.78 is 4.95. The van der Waals surface area contributed by atoms with Gasteiger partial charge in [0.15, 0.2) is 0 Å². The number of thiophene rings is 1. The number of hydrogen-bond acceptors (Lipinski definition) is 5. The first-order valence-electron chi connectivity index (χ1n) is 7.96. The van der Waals surface area contributed by atoms with E-state index >= 15 is 0 Å². The summed E-state index contributed by atoms with van der Waals surface area (Å²) >= 11 is 1.47. The summed E-state index contributed by atoms with van der Waals surface area (Å²) in [5, 5.41) is 11.0. The lowest BCUT2D eigenvalue weighted by Crippen LogP contribution is -2.50. The van der Waals surface area contributed by atoms with Crippen molar-refractivity contribution in [2.24, 2.45) is 0 Å². The van der Waals surface area contributed by atoms with Crippen molar-refractivity contribution < 1.29 is 24.2 Å². The highest BCUT2D eigenvalue weighted by atomic mass is 32.1. The van der Waals surface area contributed by atoms with Crippen molar-refractivity contribution in [1.82, 2.24) is 9.80 Å². The lowest BCUT2D eigenvalue weighted by atomic mass is 9.98. The SMILES string of the molecule is CCOC(=O)N1CCN(C(=O)C[C@@H](CC(=O)O)c2cccs2)CC1. The Labute approximate surface area is 144 Å². The van der Waals surface area contributed by atoms with Crippen molar-refractivity contribution in [2.45, 2.75) is 25.7 Å². The molecular formula is C16H22N2O5S. The number of nitrogens with zero attached hydrogens (tertiary/aromatic N) is 2. The molecule has 2 heterocycles. The fraction of sp³-hybridized carbons (Fsp3) is 0.562. The van der Waals surface area contributed by atoms with Gasteiger partial charge < -0.3 is 19.6 Å². The van der Waals surface area contributed by atoms with Gasteiger partial charge in [0.05, 0.1) is 13.0 Å². The van der Waals surface area contributed by atoms with Crippen LogP contribution in [0.2, 0.25) is 0 Å². The van der Waals surface area contributed by atoms with Crippen molar-refractivity contribution in [3.8, 4) is 0 Å². The minimum absolute atomic E-state index is 0.0605. The van der Waals surface area contributed by atoms with E-state index in [1.54, 1.807) is 16.7 Å². The second kappa shape index (κ2) is 8.68. The summed E-state index contributed by atoms with van der Waals surface area (Å²) in [6.45, 7) is 3.85. The predicted molar refractivity (Wildman–Crippen MR) is 89.1 cm³/mol. The summed E-state index contributed by atoms with van der Waals surface area (Å²) in [6.07, 6.45) is -0.242. The Balaban J connectivity index is 1.89. The molecular weight excluding hydrogens is 332 g/mol. The van der Waals surface area contributed by atoms with Gasteiger partial charge in [0.25, 0.3) is 0 Å². The number of carboxylic acid groups (broad SMARTS) is 1. The van der Waals surface area contributed by atoms with E-state index in [2.05, 4.69) is 0 Å². The van der Waals surface area contributed by atoms with Gasteiger partial charge in [-0.2, -0.15) is 0 Å². The van der Waals surface area contributed by atoms with E-state index in [0.717, 1.165) is 4.88 Å². The van der Waals surface area contributed by atoms with Gasteiger partial charge in [0, 0.05) is 43.4 Å². The van der Waals surface area contributed by atoms with Gasteiger partial charge in [0.2, 0.25) is 5.91 Å². The molecule has 0 aliphatic carbocycles. The number of piperazine rings is 1. The zero-order chi connectivity index (χ0) is 17.5. The molecule has 0 unspecified atom stereocenters. The highest BCUT2D eigenvalue weighted by Crippen LogP contribution is 2.28. The van der Waals surface area contributed by atoms with Crippen LogP contribution < -0.4 is 0 Å². The maximum atomic E-state index is 12.5. The first kappa shape index (κ1) is 18.3. The summed E-state index contributed by atoms with van der Waals surface area (Å²) in [5.74, 6) is -1.29. The Morgan fingerprint density at radius 2 is 1.88 bits per heavy atom. The Bertz CT molecular complexity index is 567. The molecule has 0 bridgehead atoms. The van der Waals surface area contributed by atoms with Gasteiger partial charge in [-0.25, -0.2) is 4.79 Å². The van der Waals surface area contributed by atoms with Gasteiger partial charge in [0.1, 0.15) is 0 Å². The van der Waals surface area contributed by atoms with Gasteiger partial charge in [-0.1, -0.05) is 6.07 Å². The normalized spacial score (nSPS) is 15.9. The van der Waals surface area contributed by atoms with E-state index in [1.807, 2.05) is 17.5 Å². The van der Waals surface area contributed by atoms with Crippen LogP contribution in [0, 0.1) is 0 Å². The number of carbonyl (C=O) groups is 3. The first-order valence-corrected chi connectivity index (χ1v) is 8.84. The standard InChI is InChI=1S/C16H22N2O5S/c1-2-23-16(22)18-7-5-17(6-8-18)14(19)10-12(11-15(20)21)13-4-3-9-24-13/h3-4,9,12H,2,5-8,10-11H2,1H3,(H,20,21)/t12-/m0/s1. The predicted octanol–water partition coefficient (Wildman–Crippen LogP) is 2.00. The second-order valence-corrected chi connectivity index (χ2v) is 6.56. The third-order valence-corrected chi connectivity index (χ3v) is 4.98. The van der Waals surface area contributed by atoms with Gasteiger partial charge in [-0.3, -0.25) is 9.59 Å². The highest BCUT2D eigenvalue weighted by Gasteiger charge is 2.27. The highest BCUT2D eigenvalue weighted by molar-refractivity contribution is 7.10. The molecule has 1 aromatic heterocycles. The van der Waals surface area contributed by atoms with Crippen molar-refractivity contribution in [2.75, 3.05) is 32.8 Å². The number of carboxylic acids is 1. The maximum Gasteiger partial charge on any atom is 0.409 e. The van der Waals surface area contributed by atoms with Gasteiger partial charge in [-0.15, -0.1) is 11.3 Å². The minimum atomic E-state index is -0.909. The minimum Gasteiger partial charge on any atom is -0.481 e. The fourth-order valence-corrected chi connectivity index (χ4v) is 3.53. The molecule has 1 N–H and O–H groups in total. The van der Waals surface area contributed by atoms with E-state index < -0.39 is 5.97 Å². The number of hydrogen-bond donors (Lipinski definition) is 1. The molecule has 1 saturated heterocycles. The lowest BCUT2D eigenvalue weighted by molar-refractivity contribution is -0.138. The largest absolute Gasteiger partial charge is 0.481 e.